The Morgan fingerprint density at radius 1 is 0.741 bits per heavy atom. The lowest BCUT2D eigenvalue weighted by atomic mass is 10.1. The second-order valence-electron chi connectivity index (χ2n) is 5.97. The minimum Gasteiger partial charge on any atom is -0.356 e. The molecule has 0 radical (unpaired) electrons. The molecule has 1 amide bonds. The van der Waals surface area contributed by atoms with Crippen molar-refractivity contribution in [3.05, 3.63) is 94.9 Å². The number of aromatic amines is 1. The maximum Gasteiger partial charge on any atom is 0.276 e. The van der Waals surface area contributed by atoms with Crippen LogP contribution in [0.4, 0.5) is 17.1 Å². The molecule has 1 aromatic heterocycles. The Balaban J connectivity index is 1.54. The lowest BCUT2D eigenvalue weighted by Gasteiger charge is -2.09. The number of carbonyl (C=O) groups is 1. The predicted molar refractivity (Wildman–Crippen MR) is 106 cm³/mol. The largest absolute Gasteiger partial charge is 0.356 e. The summed E-state index contributed by atoms with van der Waals surface area (Å²) in [4.78, 5) is 24.4. The number of nitrogens with one attached hydrogen (secondary N) is 3. The van der Waals surface area contributed by atoms with E-state index in [0.717, 1.165) is 11.4 Å². The van der Waals surface area contributed by atoms with Crippen LogP contribution in [-0.2, 0) is 0 Å². The average Bonchev–Trinajstić information content (AvgIpc) is 2.71. The normalized spacial score (nSPS) is 10.5. The van der Waals surface area contributed by atoms with Gasteiger partial charge >= 0.3 is 0 Å². The molecule has 3 N–H and O–H groups in total. The number of carbonyl (C=O) groups excluding carboxylic acids is 1. The van der Waals surface area contributed by atoms with E-state index in [4.69, 9.17) is 0 Å². The third-order valence-electron chi connectivity index (χ3n) is 4.12. The van der Waals surface area contributed by atoms with Crippen LogP contribution in [0.2, 0.25) is 0 Å². The van der Waals surface area contributed by atoms with E-state index in [1.54, 1.807) is 36.4 Å². The molecule has 0 fully saturated rings. The average molecular weight is 356 g/mol. The van der Waals surface area contributed by atoms with Crippen molar-refractivity contribution in [1.29, 1.82) is 0 Å². The molecule has 4 rings (SSSR count). The van der Waals surface area contributed by atoms with Crippen molar-refractivity contribution in [3.63, 3.8) is 0 Å². The molecule has 0 aliphatic carbocycles. The minimum atomic E-state index is -0.383. The molecular weight excluding hydrogens is 340 g/mol. The Hall–Kier alpha value is -3.93. The monoisotopic (exact) mass is 356 g/mol. The summed E-state index contributed by atoms with van der Waals surface area (Å²) in [5, 5.41) is 13.3. The van der Waals surface area contributed by atoms with Crippen LogP contribution in [0.1, 0.15) is 10.5 Å². The number of hydrogen-bond donors (Lipinski definition) is 3. The zero-order chi connectivity index (χ0) is 18.6. The highest BCUT2D eigenvalue weighted by Gasteiger charge is 2.14. The Labute approximate surface area is 154 Å². The van der Waals surface area contributed by atoms with Crippen molar-refractivity contribution in [3.8, 4) is 0 Å². The molecular formula is C21H16N4O2. The molecule has 0 saturated heterocycles. The molecule has 1 heterocycles. The molecule has 0 aliphatic rings. The van der Waals surface area contributed by atoms with Crippen LogP contribution in [0.3, 0.4) is 0 Å². The predicted octanol–water partition coefficient (Wildman–Crippen LogP) is 3.92. The van der Waals surface area contributed by atoms with E-state index in [-0.39, 0.29) is 17.2 Å². The summed E-state index contributed by atoms with van der Waals surface area (Å²) in [5.74, 6) is -0.383. The van der Waals surface area contributed by atoms with Crippen LogP contribution in [0.25, 0.3) is 10.8 Å². The first-order valence-electron chi connectivity index (χ1n) is 8.41. The van der Waals surface area contributed by atoms with Crippen LogP contribution in [0, 0.1) is 0 Å². The van der Waals surface area contributed by atoms with Gasteiger partial charge in [0.2, 0.25) is 0 Å². The number of amides is 1. The van der Waals surface area contributed by atoms with Gasteiger partial charge in [-0.15, -0.1) is 0 Å². The number of aromatic nitrogens is 2. The Kier molecular flexibility index (Phi) is 4.37. The van der Waals surface area contributed by atoms with Gasteiger partial charge < -0.3 is 10.6 Å². The van der Waals surface area contributed by atoms with Crippen molar-refractivity contribution < 1.29 is 4.79 Å². The van der Waals surface area contributed by atoms with E-state index in [0.29, 0.717) is 16.5 Å². The number of benzene rings is 3. The highest BCUT2D eigenvalue weighted by atomic mass is 16.2. The molecule has 27 heavy (non-hydrogen) atoms. The summed E-state index contributed by atoms with van der Waals surface area (Å²) in [6.07, 6.45) is 0. The van der Waals surface area contributed by atoms with Crippen LogP contribution in [-0.4, -0.2) is 16.1 Å². The third-order valence-corrected chi connectivity index (χ3v) is 4.12. The van der Waals surface area contributed by atoms with Crippen molar-refractivity contribution in [1.82, 2.24) is 10.2 Å². The first-order chi connectivity index (χ1) is 13.2. The summed E-state index contributed by atoms with van der Waals surface area (Å²) < 4.78 is 0. The zero-order valence-electron chi connectivity index (χ0n) is 14.3. The number of fused-ring (bicyclic) bond motifs is 1. The van der Waals surface area contributed by atoms with Crippen molar-refractivity contribution in [2.75, 3.05) is 10.6 Å². The van der Waals surface area contributed by atoms with Gasteiger partial charge in [0, 0.05) is 22.4 Å². The maximum absolute atomic E-state index is 12.6. The van der Waals surface area contributed by atoms with Gasteiger partial charge in [0.15, 0.2) is 5.69 Å². The van der Waals surface area contributed by atoms with E-state index in [9.17, 15) is 9.59 Å². The second-order valence-corrected chi connectivity index (χ2v) is 5.97. The molecule has 0 bridgehead atoms. The minimum absolute atomic E-state index is 0.177. The number of H-pyrrole nitrogens is 1. The SMILES string of the molecule is O=C(Nc1ccc(Nc2ccccc2)cc1)c1n[nH]c(=O)c2ccccc12. The van der Waals surface area contributed by atoms with Crippen LogP contribution in [0.15, 0.2) is 83.7 Å². The Bertz CT molecular complexity index is 1150. The van der Waals surface area contributed by atoms with Gasteiger partial charge in [-0.05, 0) is 42.5 Å². The van der Waals surface area contributed by atoms with E-state index >= 15 is 0 Å². The highest BCUT2D eigenvalue weighted by molar-refractivity contribution is 6.11. The van der Waals surface area contributed by atoms with Gasteiger partial charge in [-0.1, -0.05) is 36.4 Å². The molecule has 0 saturated carbocycles. The molecule has 6 heteroatoms. The van der Waals surface area contributed by atoms with Gasteiger partial charge in [0.1, 0.15) is 0 Å². The number of rotatable bonds is 4. The molecule has 0 unspecified atom stereocenters. The molecule has 132 valence electrons. The first kappa shape index (κ1) is 16.5. The van der Waals surface area contributed by atoms with Crippen LogP contribution >= 0.6 is 0 Å². The van der Waals surface area contributed by atoms with Crippen molar-refractivity contribution in [2.45, 2.75) is 0 Å². The number of para-hydroxylation sites is 1. The van der Waals surface area contributed by atoms with Gasteiger partial charge in [-0.2, -0.15) is 5.10 Å². The fraction of sp³-hybridized carbons (Fsp3) is 0. The molecule has 4 aromatic rings. The smallest absolute Gasteiger partial charge is 0.276 e. The summed E-state index contributed by atoms with van der Waals surface area (Å²) in [6, 6.07) is 24.1. The molecule has 0 spiro atoms. The van der Waals surface area contributed by atoms with E-state index in [1.165, 1.54) is 0 Å². The number of anilines is 3. The van der Waals surface area contributed by atoms with Gasteiger partial charge in [-0.3, -0.25) is 9.59 Å². The van der Waals surface area contributed by atoms with Crippen LogP contribution in [0.5, 0.6) is 0 Å². The Morgan fingerprint density at radius 3 is 2.07 bits per heavy atom. The highest BCUT2D eigenvalue weighted by Crippen LogP contribution is 2.20. The lowest BCUT2D eigenvalue weighted by Crippen LogP contribution is -2.19. The lowest BCUT2D eigenvalue weighted by molar-refractivity contribution is 0.102. The summed E-state index contributed by atoms with van der Waals surface area (Å²) in [5.41, 5.74) is 2.39. The van der Waals surface area contributed by atoms with E-state index in [2.05, 4.69) is 20.8 Å². The van der Waals surface area contributed by atoms with Crippen molar-refractivity contribution in [2.24, 2.45) is 0 Å². The maximum atomic E-state index is 12.6. The van der Waals surface area contributed by atoms with Gasteiger partial charge in [0.05, 0.1) is 5.39 Å². The summed E-state index contributed by atoms with van der Waals surface area (Å²) >= 11 is 0. The second kappa shape index (κ2) is 7.13. The summed E-state index contributed by atoms with van der Waals surface area (Å²) in [6.45, 7) is 0. The van der Waals surface area contributed by atoms with Crippen LogP contribution < -0.4 is 16.2 Å². The standard InChI is InChI=1S/C21H16N4O2/c26-20-18-9-5-4-8-17(18)19(24-25-20)21(27)23-16-12-10-15(11-13-16)22-14-6-2-1-3-7-14/h1-13,22H,(H,23,27)(H,25,26). The molecule has 0 aliphatic heterocycles. The first-order valence-corrected chi connectivity index (χ1v) is 8.41. The molecule has 0 atom stereocenters. The van der Waals surface area contributed by atoms with E-state index in [1.807, 2.05) is 42.5 Å². The van der Waals surface area contributed by atoms with Crippen molar-refractivity contribution >= 4 is 33.7 Å². The number of hydrogen-bond acceptors (Lipinski definition) is 4. The summed E-state index contributed by atoms with van der Waals surface area (Å²) in [7, 11) is 0. The van der Waals surface area contributed by atoms with Gasteiger partial charge in [0.25, 0.3) is 11.5 Å². The fourth-order valence-corrected chi connectivity index (χ4v) is 2.80. The number of nitrogens with zero attached hydrogens (tertiary/aromatic N) is 1. The van der Waals surface area contributed by atoms with Gasteiger partial charge in [-0.25, -0.2) is 5.10 Å². The Morgan fingerprint density at radius 2 is 1.33 bits per heavy atom. The molecule has 6 nitrogen and oxygen atoms in total. The quantitative estimate of drug-likeness (QED) is 0.517. The zero-order valence-corrected chi connectivity index (χ0v) is 14.3. The van der Waals surface area contributed by atoms with E-state index < -0.39 is 0 Å². The molecule has 3 aromatic carbocycles. The fourth-order valence-electron chi connectivity index (χ4n) is 2.80. The third kappa shape index (κ3) is 3.55. The topological polar surface area (TPSA) is 86.9 Å².